The number of hydrogen-bond donors (Lipinski definition) is 4. The van der Waals surface area contributed by atoms with E-state index in [1.165, 1.54) is 18.2 Å². The number of amides is 2. The molecule has 0 aromatic heterocycles. The van der Waals surface area contributed by atoms with E-state index in [0.29, 0.717) is 11.3 Å². The molecule has 0 aliphatic rings. The largest absolute Gasteiger partial charge is 0.351 e. The van der Waals surface area contributed by atoms with E-state index in [0.717, 1.165) is 0 Å². The van der Waals surface area contributed by atoms with Crippen LogP contribution in [0.1, 0.15) is 5.56 Å². The first-order valence-corrected chi connectivity index (χ1v) is 4.57. The number of urea groups is 1. The van der Waals surface area contributed by atoms with E-state index in [9.17, 15) is 14.9 Å². The van der Waals surface area contributed by atoms with Gasteiger partial charge in [-0.2, -0.15) is 0 Å². The van der Waals surface area contributed by atoms with E-state index in [1.54, 1.807) is 6.92 Å². The fourth-order valence-corrected chi connectivity index (χ4v) is 1.15. The molecular weight excluding hydrogens is 226 g/mol. The number of guanidine groups is 1. The van der Waals surface area contributed by atoms with Crippen molar-refractivity contribution in [3.8, 4) is 0 Å². The van der Waals surface area contributed by atoms with Crippen LogP contribution < -0.4 is 16.4 Å². The molecule has 2 amide bonds. The molecule has 1 rings (SSSR count). The van der Waals surface area contributed by atoms with Crippen LogP contribution in [-0.2, 0) is 0 Å². The minimum absolute atomic E-state index is 0.107. The maximum absolute atomic E-state index is 10.6. The normalized spacial score (nSPS) is 9.47. The number of carbonyl (C=O) groups excluding carboxylic acids is 1. The van der Waals surface area contributed by atoms with E-state index in [4.69, 9.17) is 11.1 Å². The molecule has 0 saturated carbocycles. The van der Waals surface area contributed by atoms with Gasteiger partial charge in [0.05, 0.1) is 10.6 Å². The van der Waals surface area contributed by atoms with Crippen molar-refractivity contribution in [2.24, 2.45) is 5.73 Å². The topological polar surface area (TPSA) is 134 Å². The summed E-state index contributed by atoms with van der Waals surface area (Å²) in [6, 6.07) is 3.28. The van der Waals surface area contributed by atoms with Crippen molar-refractivity contribution in [3.05, 3.63) is 33.9 Å². The summed E-state index contributed by atoms with van der Waals surface area (Å²) < 4.78 is 0. The molecule has 90 valence electrons. The van der Waals surface area contributed by atoms with Gasteiger partial charge in [-0.25, -0.2) is 4.79 Å². The third-order valence-electron chi connectivity index (χ3n) is 1.94. The summed E-state index contributed by atoms with van der Waals surface area (Å²) in [5, 5.41) is 22.4. The molecule has 17 heavy (non-hydrogen) atoms. The van der Waals surface area contributed by atoms with Crippen LogP contribution in [0, 0.1) is 22.4 Å². The SMILES string of the molecule is Cc1ccc([N+](=O)[O-])cc1NC(=N)NC(N)=O. The molecule has 0 saturated heterocycles. The fraction of sp³-hybridized carbons (Fsp3) is 0.111. The van der Waals surface area contributed by atoms with Crippen LogP contribution >= 0.6 is 0 Å². The number of anilines is 1. The number of non-ortho nitro benzene ring substituents is 1. The smallest absolute Gasteiger partial charge is 0.318 e. The van der Waals surface area contributed by atoms with Crippen molar-refractivity contribution >= 4 is 23.4 Å². The monoisotopic (exact) mass is 237 g/mol. The predicted octanol–water partition coefficient (Wildman–Crippen LogP) is 0.918. The standard InChI is InChI=1S/C9H11N5O3/c1-5-2-3-6(14(16)17)4-7(5)12-8(10)13-9(11)15/h2-4H,1H3,(H5,10,11,12,13,15). The number of carbonyl (C=O) groups is 1. The van der Waals surface area contributed by atoms with Gasteiger partial charge < -0.3 is 11.1 Å². The van der Waals surface area contributed by atoms with Crippen molar-refractivity contribution in [2.45, 2.75) is 6.92 Å². The first-order valence-electron chi connectivity index (χ1n) is 4.57. The van der Waals surface area contributed by atoms with E-state index in [-0.39, 0.29) is 11.6 Å². The number of aryl methyl sites for hydroxylation is 1. The van der Waals surface area contributed by atoms with Crippen LogP contribution in [0.3, 0.4) is 0 Å². The maximum Gasteiger partial charge on any atom is 0.318 e. The van der Waals surface area contributed by atoms with E-state index < -0.39 is 11.0 Å². The van der Waals surface area contributed by atoms with Crippen LogP contribution in [0.15, 0.2) is 18.2 Å². The minimum atomic E-state index is -0.884. The summed E-state index contributed by atoms with van der Waals surface area (Å²) in [4.78, 5) is 20.5. The third-order valence-corrected chi connectivity index (χ3v) is 1.94. The number of benzene rings is 1. The lowest BCUT2D eigenvalue weighted by molar-refractivity contribution is -0.384. The summed E-state index contributed by atoms with van der Waals surface area (Å²) in [7, 11) is 0. The molecule has 1 aromatic rings. The van der Waals surface area contributed by atoms with Gasteiger partial charge in [-0.1, -0.05) is 6.07 Å². The van der Waals surface area contributed by atoms with Gasteiger partial charge in [0.2, 0.25) is 5.96 Å². The number of nitrogens with two attached hydrogens (primary N) is 1. The molecule has 8 nitrogen and oxygen atoms in total. The fourth-order valence-electron chi connectivity index (χ4n) is 1.15. The van der Waals surface area contributed by atoms with E-state index >= 15 is 0 Å². The van der Waals surface area contributed by atoms with Crippen molar-refractivity contribution in [2.75, 3.05) is 5.32 Å². The number of nitrogens with one attached hydrogen (secondary N) is 3. The average Bonchev–Trinajstić information content (AvgIpc) is 2.19. The van der Waals surface area contributed by atoms with Crippen LogP contribution in [-0.4, -0.2) is 16.9 Å². The van der Waals surface area contributed by atoms with E-state index in [2.05, 4.69) is 5.32 Å². The Morgan fingerprint density at radius 1 is 1.53 bits per heavy atom. The van der Waals surface area contributed by atoms with Gasteiger partial charge in [0, 0.05) is 12.1 Å². The van der Waals surface area contributed by atoms with Crippen LogP contribution in [0.5, 0.6) is 0 Å². The molecular formula is C9H11N5O3. The van der Waals surface area contributed by atoms with Gasteiger partial charge in [-0.15, -0.1) is 0 Å². The lowest BCUT2D eigenvalue weighted by atomic mass is 10.2. The molecule has 0 bridgehead atoms. The first kappa shape index (κ1) is 12.4. The molecule has 0 fully saturated rings. The molecule has 1 aromatic carbocycles. The molecule has 0 atom stereocenters. The lowest BCUT2D eigenvalue weighted by Crippen LogP contribution is -2.38. The second-order valence-corrected chi connectivity index (χ2v) is 3.25. The van der Waals surface area contributed by atoms with Crippen molar-refractivity contribution < 1.29 is 9.72 Å². The Bertz CT molecular complexity index is 486. The molecule has 0 spiro atoms. The Labute approximate surface area is 96.5 Å². The van der Waals surface area contributed by atoms with Crippen LogP contribution in [0.25, 0.3) is 0 Å². The Morgan fingerprint density at radius 2 is 2.18 bits per heavy atom. The molecule has 0 aliphatic heterocycles. The number of hydrogen-bond acceptors (Lipinski definition) is 4. The number of primary amides is 1. The molecule has 0 radical (unpaired) electrons. The molecule has 0 unspecified atom stereocenters. The quantitative estimate of drug-likeness (QED) is 0.263. The van der Waals surface area contributed by atoms with Gasteiger partial charge in [0.15, 0.2) is 0 Å². The number of nitrogens with zero attached hydrogens (tertiary/aromatic N) is 1. The zero-order valence-corrected chi connectivity index (χ0v) is 8.98. The second-order valence-electron chi connectivity index (χ2n) is 3.25. The van der Waals surface area contributed by atoms with Crippen LogP contribution in [0.4, 0.5) is 16.2 Å². The number of nitro benzene ring substituents is 1. The van der Waals surface area contributed by atoms with Crippen molar-refractivity contribution in [1.29, 1.82) is 5.41 Å². The highest BCUT2D eigenvalue weighted by Gasteiger charge is 2.10. The van der Waals surface area contributed by atoms with Crippen LogP contribution in [0.2, 0.25) is 0 Å². The van der Waals surface area contributed by atoms with Gasteiger partial charge in [-0.3, -0.25) is 20.8 Å². The molecule has 5 N–H and O–H groups in total. The molecule has 0 heterocycles. The Balaban J connectivity index is 2.90. The highest BCUT2D eigenvalue weighted by molar-refractivity contribution is 6.01. The minimum Gasteiger partial charge on any atom is -0.351 e. The van der Waals surface area contributed by atoms with Crippen molar-refractivity contribution in [3.63, 3.8) is 0 Å². The first-order chi connectivity index (χ1) is 7.90. The molecule has 0 aliphatic carbocycles. The number of rotatable bonds is 2. The van der Waals surface area contributed by atoms with Crippen molar-refractivity contribution in [1.82, 2.24) is 5.32 Å². The highest BCUT2D eigenvalue weighted by atomic mass is 16.6. The summed E-state index contributed by atoms with van der Waals surface area (Å²) >= 11 is 0. The Kier molecular flexibility index (Phi) is 3.60. The zero-order valence-electron chi connectivity index (χ0n) is 8.98. The lowest BCUT2D eigenvalue weighted by Gasteiger charge is -2.09. The average molecular weight is 237 g/mol. The third kappa shape index (κ3) is 3.45. The second kappa shape index (κ2) is 4.92. The van der Waals surface area contributed by atoms with Gasteiger partial charge in [0.25, 0.3) is 5.69 Å². The summed E-state index contributed by atoms with van der Waals surface area (Å²) in [6.45, 7) is 1.71. The summed E-state index contributed by atoms with van der Waals surface area (Å²) in [5.41, 5.74) is 5.78. The van der Waals surface area contributed by atoms with Gasteiger partial charge in [0.1, 0.15) is 0 Å². The Hall–Kier alpha value is -2.64. The highest BCUT2D eigenvalue weighted by Crippen LogP contribution is 2.21. The summed E-state index contributed by atoms with van der Waals surface area (Å²) in [6.07, 6.45) is 0. The molecule has 8 heteroatoms. The zero-order chi connectivity index (χ0) is 13.0. The maximum atomic E-state index is 10.6. The van der Waals surface area contributed by atoms with Gasteiger partial charge in [-0.05, 0) is 12.5 Å². The van der Waals surface area contributed by atoms with E-state index in [1.807, 2.05) is 5.32 Å². The summed E-state index contributed by atoms with van der Waals surface area (Å²) in [5.74, 6) is -0.346. The van der Waals surface area contributed by atoms with Gasteiger partial charge >= 0.3 is 6.03 Å². The predicted molar refractivity (Wildman–Crippen MR) is 61.9 cm³/mol. The number of nitro groups is 1. The Morgan fingerprint density at radius 3 is 2.71 bits per heavy atom.